The number of halogens is 1. The van der Waals surface area contributed by atoms with Crippen molar-refractivity contribution in [1.82, 2.24) is 0 Å². The van der Waals surface area contributed by atoms with Gasteiger partial charge >= 0.3 is 5.97 Å². The lowest BCUT2D eigenvalue weighted by Crippen LogP contribution is -2.12. The summed E-state index contributed by atoms with van der Waals surface area (Å²) in [7, 11) is 1.52. The van der Waals surface area contributed by atoms with E-state index < -0.39 is 11.8 Å². The summed E-state index contributed by atoms with van der Waals surface area (Å²) >= 11 is 1.72. The molecule has 0 aliphatic heterocycles. The highest BCUT2D eigenvalue weighted by atomic mass is 32.2. The van der Waals surface area contributed by atoms with Crippen molar-refractivity contribution in [2.24, 2.45) is 0 Å². The van der Waals surface area contributed by atoms with Crippen LogP contribution in [0.4, 0.5) is 10.1 Å². The number of rotatable bonds is 9. The lowest BCUT2D eigenvalue weighted by molar-refractivity contribution is -0.136. The van der Waals surface area contributed by atoms with Crippen molar-refractivity contribution in [3.8, 4) is 17.2 Å². The molecule has 0 saturated heterocycles. The third-order valence-corrected chi connectivity index (χ3v) is 6.21. The topological polar surface area (TPSA) is 84.9 Å². The SMILES string of the molecule is COc1ccc(CC(=O)O)cc1Oc1ccc(NC(=O)c2ccc(F)cc2)cc1CSC(C)(C)C. The third-order valence-electron chi connectivity index (χ3n) is 4.89. The number of benzene rings is 3. The molecule has 0 aromatic heterocycles. The van der Waals surface area contributed by atoms with E-state index in [0.29, 0.717) is 39.8 Å². The number of carboxylic acids is 1. The first-order chi connectivity index (χ1) is 16.5. The van der Waals surface area contributed by atoms with Crippen LogP contribution in [0.5, 0.6) is 17.2 Å². The molecule has 0 aliphatic carbocycles. The average molecular weight is 498 g/mol. The molecule has 0 fully saturated rings. The van der Waals surface area contributed by atoms with Crippen LogP contribution >= 0.6 is 11.8 Å². The minimum atomic E-state index is -0.940. The maximum absolute atomic E-state index is 13.2. The van der Waals surface area contributed by atoms with Crippen LogP contribution in [-0.2, 0) is 17.0 Å². The van der Waals surface area contributed by atoms with Crippen molar-refractivity contribution < 1.29 is 28.6 Å². The van der Waals surface area contributed by atoms with Crippen LogP contribution in [0.3, 0.4) is 0 Å². The van der Waals surface area contributed by atoms with Gasteiger partial charge in [-0.25, -0.2) is 4.39 Å². The Balaban J connectivity index is 1.91. The van der Waals surface area contributed by atoms with Crippen molar-refractivity contribution in [3.63, 3.8) is 0 Å². The summed E-state index contributed by atoms with van der Waals surface area (Å²) in [6, 6.07) is 15.6. The van der Waals surface area contributed by atoms with Gasteiger partial charge in [0.25, 0.3) is 5.91 Å². The summed E-state index contributed by atoms with van der Waals surface area (Å²) in [4.78, 5) is 23.7. The van der Waals surface area contributed by atoms with Crippen LogP contribution in [-0.4, -0.2) is 28.8 Å². The van der Waals surface area contributed by atoms with E-state index in [0.717, 1.165) is 5.56 Å². The quantitative estimate of drug-likeness (QED) is 0.349. The Labute approximate surface area is 208 Å². The summed E-state index contributed by atoms with van der Waals surface area (Å²) in [6.45, 7) is 6.32. The van der Waals surface area contributed by atoms with E-state index in [1.165, 1.54) is 31.4 Å². The Morgan fingerprint density at radius 3 is 2.29 bits per heavy atom. The molecule has 8 heteroatoms. The predicted molar refractivity (Wildman–Crippen MR) is 136 cm³/mol. The van der Waals surface area contributed by atoms with Crippen LogP contribution in [0.1, 0.15) is 42.3 Å². The van der Waals surface area contributed by atoms with Gasteiger partial charge in [-0.15, -0.1) is 0 Å². The highest BCUT2D eigenvalue weighted by Gasteiger charge is 2.17. The molecule has 1 amide bonds. The zero-order valence-corrected chi connectivity index (χ0v) is 20.9. The van der Waals surface area contributed by atoms with Gasteiger partial charge in [0.15, 0.2) is 11.5 Å². The molecule has 0 aliphatic rings. The number of methoxy groups -OCH3 is 1. The smallest absolute Gasteiger partial charge is 0.307 e. The van der Waals surface area contributed by atoms with Crippen molar-refractivity contribution >= 4 is 29.3 Å². The molecule has 2 N–H and O–H groups in total. The number of carbonyl (C=O) groups excluding carboxylic acids is 1. The molecule has 3 rings (SSSR count). The second-order valence-corrected chi connectivity index (χ2v) is 10.6. The number of nitrogens with one attached hydrogen (secondary N) is 1. The lowest BCUT2D eigenvalue weighted by atomic mass is 10.1. The minimum Gasteiger partial charge on any atom is -0.493 e. The number of thioether (sulfide) groups is 1. The fraction of sp³-hybridized carbons (Fsp3) is 0.259. The number of aliphatic carboxylic acids is 1. The highest BCUT2D eigenvalue weighted by molar-refractivity contribution is 7.99. The van der Waals surface area contributed by atoms with E-state index >= 15 is 0 Å². The molecule has 6 nitrogen and oxygen atoms in total. The first-order valence-corrected chi connectivity index (χ1v) is 11.9. The molecule has 0 atom stereocenters. The molecule has 184 valence electrons. The van der Waals surface area contributed by atoms with E-state index in [4.69, 9.17) is 14.6 Å². The van der Waals surface area contributed by atoms with Gasteiger partial charge in [0.05, 0.1) is 13.5 Å². The van der Waals surface area contributed by atoms with E-state index in [9.17, 15) is 14.0 Å². The van der Waals surface area contributed by atoms with E-state index in [1.54, 1.807) is 42.1 Å². The molecular formula is C27H28FNO5S. The second-order valence-electron chi connectivity index (χ2n) is 8.84. The number of amides is 1. The number of hydrogen-bond acceptors (Lipinski definition) is 5. The number of carbonyl (C=O) groups is 2. The Morgan fingerprint density at radius 1 is 0.971 bits per heavy atom. The number of ether oxygens (including phenoxy) is 2. The number of anilines is 1. The third kappa shape index (κ3) is 7.75. The molecule has 0 heterocycles. The zero-order chi connectivity index (χ0) is 25.6. The Hall–Kier alpha value is -3.52. The molecule has 3 aromatic rings. The standard InChI is InChI=1S/C27H28FNO5S/c1-27(2,3)35-16-19-15-21(29-26(32)18-6-8-20(28)9-7-18)10-12-22(19)34-24-13-17(14-25(30)31)5-11-23(24)33-4/h5-13,15H,14,16H2,1-4H3,(H,29,32)(H,30,31). The Bertz CT molecular complexity index is 1210. The summed E-state index contributed by atoms with van der Waals surface area (Å²) < 4.78 is 24.8. The van der Waals surface area contributed by atoms with Gasteiger partial charge in [0, 0.05) is 27.3 Å². The Morgan fingerprint density at radius 2 is 1.66 bits per heavy atom. The van der Waals surface area contributed by atoms with Gasteiger partial charge in [0.2, 0.25) is 0 Å². The maximum atomic E-state index is 13.2. The van der Waals surface area contributed by atoms with Crippen LogP contribution < -0.4 is 14.8 Å². The summed E-state index contributed by atoms with van der Waals surface area (Å²) in [6.07, 6.45) is -0.137. The molecule has 35 heavy (non-hydrogen) atoms. The van der Waals surface area contributed by atoms with Crippen molar-refractivity contribution in [1.29, 1.82) is 0 Å². The van der Waals surface area contributed by atoms with Crippen LogP contribution in [0.15, 0.2) is 60.7 Å². The molecule has 0 spiro atoms. The molecule has 0 saturated carbocycles. The molecular weight excluding hydrogens is 469 g/mol. The van der Waals surface area contributed by atoms with Gasteiger partial charge < -0.3 is 19.9 Å². The second kappa shape index (κ2) is 11.3. The van der Waals surface area contributed by atoms with Gasteiger partial charge in [0.1, 0.15) is 11.6 Å². The maximum Gasteiger partial charge on any atom is 0.307 e. The fourth-order valence-corrected chi connectivity index (χ4v) is 3.99. The first-order valence-electron chi connectivity index (χ1n) is 10.9. The summed E-state index contributed by atoms with van der Waals surface area (Å²) in [5, 5.41) is 12.0. The Kier molecular flexibility index (Phi) is 8.40. The molecule has 0 unspecified atom stereocenters. The predicted octanol–water partition coefficient (Wildman–Crippen LogP) is 6.54. The first kappa shape index (κ1) is 26.1. The van der Waals surface area contributed by atoms with Gasteiger partial charge in [-0.1, -0.05) is 26.8 Å². The van der Waals surface area contributed by atoms with E-state index in [-0.39, 0.29) is 17.1 Å². The lowest BCUT2D eigenvalue weighted by Gasteiger charge is -2.20. The number of carboxylic acid groups (broad SMARTS) is 1. The zero-order valence-electron chi connectivity index (χ0n) is 20.1. The molecule has 3 aromatic carbocycles. The minimum absolute atomic E-state index is 0.0102. The van der Waals surface area contributed by atoms with Crippen LogP contribution in [0.25, 0.3) is 0 Å². The fourth-order valence-electron chi connectivity index (χ4n) is 3.17. The molecule has 0 radical (unpaired) electrons. The van der Waals surface area contributed by atoms with E-state index in [1.807, 2.05) is 6.07 Å². The summed E-state index contributed by atoms with van der Waals surface area (Å²) in [5.41, 5.74) is 2.34. The average Bonchev–Trinajstić information content (AvgIpc) is 2.78. The van der Waals surface area contributed by atoms with E-state index in [2.05, 4.69) is 26.1 Å². The normalized spacial score (nSPS) is 11.1. The summed E-state index contributed by atoms with van der Waals surface area (Å²) in [5.74, 6) is 0.343. The van der Waals surface area contributed by atoms with Gasteiger partial charge in [-0.3, -0.25) is 9.59 Å². The highest BCUT2D eigenvalue weighted by Crippen LogP contribution is 2.38. The number of hydrogen-bond donors (Lipinski definition) is 2. The van der Waals surface area contributed by atoms with Crippen LogP contribution in [0.2, 0.25) is 0 Å². The van der Waals surface area contributed by atoms with Crippen LogP contribution in [0, 0.1) is 5.82 Å². The van der Waals surface area contributed by atoms with Gasteiger partial charge in [-0.2, -0.15) is 11.8 Å². The van der Waals surface area contributed by atoms with Crippen molar-refractivity contribution in [2.45, 2.75) is 37.7 Å². The van der Waals surface area contributed by atoms with Crippen molar-refractivity contribution in [3.05, 3.63) is 83.2 Å². The molecule has 0 bridgehead atoms. The largest absolute Gasteiger partial charge is 0.493 e. The van der Waals surface area contributed by atoms with Gasteiger partial charge in [-0.05, 0) is 60.2 Å². The van der Waals surface area contributed by atoms with Crippen molar-refractivity contribution in [2.75, 3.05) is 12.4 Å². The monoisotopic (exact) mass is 497 g/mol.